The Morgan fingerprint density at radius 1 is 1.16 bits per heavy atom. The monoisotopic (exact) mass is 282 g/mol. The zero-order valence-electron chi connectivity index (χ0n) is 11.0. The summed E-state index contributed by atoms with van der Waals surface area (Å²) in [6, 6.07) is 9.38. The predicted octanol–water partition coefficient (Wildman–Crippen LogP) is 1.85. The number of ketones is 1. The van der Waals surface area contributed by atoms with Crippen molar-refractivity contribution in [3.63, 3.8) is 0 Å². The normalized spacial score (nSPS) is 11.8. The molecule has 4 nitrogen and oxygen atoms in total. The Kier molecular flexibility index (Phi) is 7.03. The molecule has 0 radical (unpaired) electrons. The summed E-state index contributed by atoms with van der Waals surface area (Å²) >= 11 is 0. The third kappa shape index (κ3) is 6.86. The summed E-state index contributed by atoms with van der Waals surface area (Å²) in [5.74, 6) is -0.188. The van der Waals surface area contributed by atoms with Crippen molar-refractivity contribution in [3.8, 4) is 0 Å². The number of rotatable bonds is 8. The third-order valence-corrected chi connectivity index (χ3v) is 3.71. The van der Waals surface area contributed by atoms with E-state index >= 15 is 0 Å². The molecule has 0 heterocycles. The van der Waals surface area contributed by atoms with Crippen LogP contribution in [0.3, 0.4) is 0 Å². The van der Waals surface area contributed by atoms with E-state index in [0.29, 0.717) is 12.4 Å². The van der Waals surface area contributed by atoms with Gasteiger partial charge in [-0.05, 0) is 12.5 Å². The number of hydrogen-bond donors (Lipinski definition) is 0. The summed E-state index contributed by atoms with van der Waals surface area (Å²) in [5, 5.41) is 0. The van der Waals surface area contributed by atoms with Crippen LogP contribution < -0.4 is 0 Å². The average Bonchev–Trinajstić information content (AvgIpc) is 2.38. The molecule has 1 rings (SSSR count). The van der Waals surface area contributed by atoms with Crippen LogP contribution in [0, 0.1) is 0 Å². The highest BCUT2D eigenvalue weighted by Crippen LogP contribution is 2.04. The van der Waals surface area contributed by atoms with Gasteiger partial charge in [-0.1, -0.05) is 30.3 Å². The van der Waals surface area contributed by atoms with Gasteiger partial charge in [0.05, 0.1) is 18.8 Å². The Morgan fingerprint density at radius 2 is 1.84 bits per heavy atom. The molecule has 1 aromatic carbocycles. The molecule has 1 unspecified atom stereocenters. The fourth-order valence-corrected chi connectivity index (χ4v) is 2.71. The van der Waals surface area contributed by atoms with Crippen molar-refractivity contribution < 1.29 is 18.5 Å². The zero-order valence-corrected chi connectivity index (χ0v) is 11.8. The van der Waals surface area contributed by atoms with Gasteiger partial charge in [-0.15, -0.1) is 0 Å². The van der Waals surface area contributed by atoms with Crippen LogP contribution in [0.15, 0.2) is 30.3 Å². The van der Waals surface area contributed by atoms with Gasteiger partial charge in [0.25, 0.3) is 0 Å². The van der Waals surface area contributed by atoms with Gasteiger partial charge in [0, 0.05) is 23.0 Å². The number of ether oxygens (including phenoxy) is 1. The molecule has 0 aromatic heterocycles. The number of hydrogen-bond acceptors (Lipinski definition) is 4. The van der Waals surface area contributed by atoms with Gasteiger partial charge in [0.15, 0.2) is 0 Å². The smallest absolute Gasteiger partial charge is 0.306 e. The van der Waals surface area contributed by atoms with Crippen LogP contribution in [0.25, 0.3) is 0 Å². The van der Waals surface area contributed by atoms with Crippen LogP contribution in [0.2, 0.25) is 0 Å². The minimum absolute atomic E-state index is 0.00566. The van der Waals surface area contributed by atoms with E-state index in [1.165, 1.54) is 0 Å². The minimum Gasteiger partial charge on any atom is -0.466 e. The lowest BCUT2D eigenvalue weighted by Crippen LogP contribution is -2.14. The van der Waals surface area contributed by atoms with Gasteiger partial charge in [-0.25, -0.2) is 0 Å². The highest BCUT2D eigenvalue weighted by atomic mass is 32.2. The van der Waals surface area contributed by atoms with Crippen molar-refractivity contribution in [1.82, 2.24) is 0 Å². The van der Waals surface area contributed by atoms with Gasteiger partial charge in [-0.2, -0.15) is 0 Å². The number of Topliss-reactive ketones (excluding diaryl/α,β-unsaturated/α-hetero) is 1. The molecular weight excluding hydrogens is 264 g/mol. The lowest BCUT2D eigenvalue weighted by molar-refractivity contribution is -0.144. The summed E-state index contributed by atoms with van der Waals surface area (Å²) in [6.45, 7) is 2.03. The summed E-state index contributed by atoms with van der Waals surface area (Å²) in [6.07, 6.45) is 0.161. The fraction of sp³-hybridized carbons (Fsp3) is 0.429. The molecule has 1 aromatic rings. The Bertz CT molecular complexity index is 442. The quantitative estimate of drug-likeness (QED) is 0.683. The predicted molar refractivity (Wildman–Crippen MR) is 74.0 cm³/mol. The van der Waals surface area contributed by atoms with Gasteiger partial charge < -0.3 is 4.74 Å². The molecule has 0 spiro atoms. The molecule has 104 valence electrons. The van der Waals surface area contributed by atoms with Crippen molar-refractivity contribution in [3.05, 3.63) is 35.9 Å². The first-order valence-corrected chi connectivity index (χ1v) is 7.67. The van der Waals surface area contributed by atoms with E-state index in [1.807, 2.05) is 30.3 Å². The first kappa shape index (κ1) is 15.6. The van der Waals surface area contributed by atoms with Crippen LogP contribution in [0.4, 0.5) is 0 Å². The molecular formula is C14H18O4S. The molecule has 0 aliphatic rings. The van der Waals surface area contributed by atoms with Crippen molar-refractivity contribution >= 4 is 22.6 Å². The Hall–Kier alpha value is -1.49. The Balaban J connectivity index is 2.28. The lowest BCUT2D eigenvalue weighted by Gasteiger charge is -2.03. The first-order valence-electron chi connectivity index (χ1n) is 6.18. The Labute approximate surface area is 115 Å². The molecule has 0 amide bonds. The zero-order chi connectivity index (χ0) is 14.1. The highest BCUT2D eigenvalue weighted by Gasteiger charge is 2.11. The van der Waals surface area contributed by atoms with E-state index < -0.39 is 10.8 Å². The molecule has 1 atom stereocenters. The van der Waals surface area contributed by atoms with Crippen LogP contribution in [0.5, 0.6) is 0 Å². The van der Waals surface area contributed by atoms with Crippen molar-refractivity contribution in [2.45, 2.75) is 25.5 Å². The standard InChI is InChI=1S/C14H18O4S/c1-2-18-14(16)9-8-13(15)11-19(17)10-12-6-4-3-5-7-12/h3-7H,2,8-11H2,1H3. The van der Waals surface area contributed by atoms with Gasteiger partial charge in [0.1, 0.15) is 5.78 Å². The second kappa shape index (κ2) is 8.58. The van der Waals surface area contributed by atoms with E-state index in [1.54, 1.807) is 6.92 Å². The summed E-state index contributed by atoms with van der Waals surface area (Å²) in [4.78, 5) is 22.6. The lowest BCUT2D eigenvalue weighted by atomic mass is 10.2. The van der Waals surface area contributed by atoms with Crippen LogP contribution in [-0.2, 0) is 30.9 Å². The van der Waals surface area contributed by atoms with Gasteiger partial charge in [-0.3, -0.25) is 13.8 Å². The molecule has 0 saturated heterocycles. The number of carbonyl (C=O) groups is 2. The molecule has 0 aliphatic carbocycles. The maximum atomic E-state index is 11.8. The highest BCUT2D eigenvalue weighted by molar-refractivity contribution is 7.84. The van der Waals surface area contributed by atoms with Crippen molar-refractivity contribution in [2.75, 3.05) is 12.4 Å². The third-order valence-electron chi connectivity index (χ3n) is 2.41. The SMILES string of the molecule is CCOC(=O)CCC(=O)CS(=O)Cc1ccccc1. The molecule has 0 fully saturated rings. The van der Waals surface area contributed by atoms with Crippen molar-refractivity contribution in [1.29, 1.82) is 0 Å². The minimum atomic E-state index is -1.22. The molecule has 19 heavy (non-hydrogen) atoms. The second-order valence-corrected chi connectivity index (χ2v) is 5.51. The first-order chi connectivity index (χ1) is 9.11. The number of carbonyl (C=O) groups excluding carboxylic acids is 2. The van der Waals surface area contributed by atoms with Crippen molar-refractivity contribution in [2.24, 2.45) is 0 Å². The molecule has 0 N–H and O–H groups in total. The molecule has 0 saturated carbocycles. The van der Waals surface area contributed by atoms with Gasteiger partial charge >= 0.3 is 5.97 Å². The van der Waals surface area contributed by atoms with E-state index in [4.69, 9.17) is 4.74 Å². The molecule has 0 aliphatic heterocycles. The number of benzene rings is 1. The summed E-state index contributed by atoms with van der Waals surface area (Å²) in [7, 11) is -1.22. The molecule has 0 bridgehead atoms. The maximum Gasteiger partial charge on any atom is 0.306 e. The van der Waals surface area contributed by atoms with Crippen LogP contribution in [0.1, 0.15) is 25.3 Å². The second-order valence-electron chi connectivity index (χ2n) is 4.06. The summed E-state index contributed by atoms with van der Waals surface area (Å²) in [5.41, 5.74) is 0.944. The van der Waals surface area contributed by atoms with E-state index in [-0.39, 0.29) is 30.3 Å². The fourth-order valence-electron chi connectivity index (χ4n) is 1.54. The van der Waals surface area contributed by atoms with Crippen LogP contribution in [-0.4, -0.2) is 28.3 Å². The van der Waals surface area contributed by atoms with E-state index in [9.17, 15) is 13.8 Å². The van der Waals surface area contributed by atoms with Gasteiger partial charge in [0.2, 0.25) is 0 Å². The number of esters is 1. The average molecular weight is 282 g/mol. The maximum absolute atomic E-state index is 11.8. The molecule has 5 heteroatoms. The van der Waals surface area contributed by atoms with E-state index in [0.717, 1.165) is 5.56 Å². The van der Waals surface area contributed by atoms with E-state index in [2.05, 4.69) is 0 Å². The topological polar surface area (TPSA) is 60.4 Å². The largest absolute Gasteiger partial charge is 0.466 e. The Morgan fingerprint density at radius 3 is 2.47 bits per heavy atom. The summed E-state index contributed by atoms with van der Waals surface area (Å²) < 4.78 is 16.5. The van der Waals surface area contributed by atoms with Crippen LogP contribution >= 0.6 is 0 Å².